The zero-order chi connectivity index (χ0) is 59.3. The van der Waals surface area contributed by atoms with E-state index in [1.54, 1.807) is 6.07 Å². The maximum atomic E-state index is 12.2. The van der Waals surface area contributed by atoms with E-state index >= 15 is 0 Å². The van der Waals surface area contributed by atoms with Gasteiger partial charge in [-0.1, -0.05) is 110 Å². The van der Waals surface area contributed by atoms with Gasteiger partial charge in [0.05, 0.1) is 24.6 Å². The van der Waals surface area contributed by atoms with Crippen LogP contribution in [0.3, 0.4) is 0 Å². The van der Waals surface area contributed by atoms with Crippen LogP contribution >= 0.6 is 22.9 Å². The summed E-state index contributed by atoms with van der Waals surface area (Å²) < 4.78 is 11.1. The molecule has 1 saturated heterocycles. The number of aldehydes is 1. The van der Waals surface area contributed by atoms with Crippen LogP contribution in [0.4, 0.5) is 5.69 Å². The van der Waals surface area contributed by atoms with Crippen LogP contribution < -0.4 is 20.7 Å². The number of hydrogen-bond donors (Lipinski definition) is 3. The Morgan fingerprint density at radius 2 is 1.53 bits per heavy atom. The predicted molar refractivity (Wildman–Crippen MR) is 328 cm³/mol. The van der Waals surface area contributed by atoms with Gasteiger partial charge >= 0.3 is 0 Å². The van der Waals surface area contributed by atoms with Gasteiger partial charge in [0.1, 0.15) is 5.75 Å². The van der Waals surface area contributed by atoms with E-state index < -0.39 is 0 Å². The lowest BCUT2D eigenvalue weighted by Crippen LogP contribution is -2.39. The summed E-state index contributed by atoms with van der Waals surface area (Å²) >= 11 is 7.92. The quantitative estimate of drug-likeness (QED) is 0.0146. The minimum atomic E-state index is -0.141. The molecule has 1 aromatic heterocycles. The first-order chi connectivity index (χ1) is 37.8. The molecule has 3 aromatic carbocycles. The highest BCUT2D eigenvalue weighted by atomic mass is 35.5. The molecule has 14 nitrogen and oxygen atoms in total. The largest absolute Gasteiger partial charge is 0.494 e. The Bertz CT molecular complexity index is 2590. The van der Waals surface area contributed by atoms with Crippen molar-refractivity contribution in [2.75, 3.05) is 38.2 Å². The van der Waals surface area contributed by atoms with E-state index in [1.165, 1.54) is 27.8 Å². The fourth-order valence-corrected chi connectivity index (χ4v) is 8.73. The smallest absolute Gasteiger partial charge is 0.229 e. The van der Waals surface area contributed by atoms with Crippen LogP contribution in [0.25, 0.3) is 0 Å². The van der Waals surface area contributed by atoms with Crippen molar-refractivity contribution < 1.29 is 38.2 Å². The van der Waals surface area contributed by atoms with Gasteiger partial charge in [-0.05, 0) is 121 Å². The highest BCUT2D eigenvalue weighted by molar-refractivity contribution is 7.12. The van der Waals surface area contributed by atoms with Crippen molar-refractivity contribution in [2.24, 2.45) is 27.0 Å². The molecule has 1 fully saturated rings. The second-order valence-corrected chi connectivity index (χ2v) is 20.9. The molecule has 4 aromatic rings. The predicted octanol–water partition coefficient (Wildman–Crippen LogP) is 14.3. The van der Waals surface area contributed by atoms with E-state index in [1.807, 2.05) is 127 Å². The first-order valence-electron chi connectivity index (χ1n) is 28.0. The Hall–Kier alpha value is -6.16. The Morgan fingerprint density at radius 3 is 2.08 bits per heavy atom. The Morgan fingerprint density at radius 1 is 0.861 bits per heavy atom. The third-order valence-electron chi connectivity index (χ3n) is 12.2. The lowest BCUT2D eigenvalue weighted by atomic mass is 9.90. The average Bonchev–Trinajstić information content (AvgIpc) is 3.70. The maximum absolute atomic E-state index is 12.2. The molecule has 3 N–H and O–H groups in total. The van der Waals surface area contributed by atoms with Gasteiger partial charge in [0, 0.05) is 106 Å². The molecule has 0 bridgehead atoms. The monoisotopic (exact) mass is 1130 g/mol. The number of carbonyl (C=O) groups excluding carboxylic acids is 6. The SMILES string of the molecule is CC.CC1CCC(=O)NC1=O.CCC(=O)NCCCCOCCCOc1ccc(NC(C)=O)cc1.CCC/C(CN=C(c1ccc(Cl)cc1)c1c(C)sc(C)c1C)=N\N=C(C)C.CCCc1cccc(C(=O)C(C)CC)c1C=O. The number of carbonyl (C=O) groups is 6. The molecule has 16 heteroatoms. The molecule has 2 heterocycles. The van der Waals surface area contributed by atoms with Gasteiger partial charge in [0.15, 0.2) is 12.1 Å². The van der Waals surface area contributed by atoms with Crippen LogP contribution in [0.2, 0.25) is 5.02 Å². The van der Waals surface area contributed by atoms with Gasteiger partial charge in [-0.15, -0.1) is 11.3 Å². The first kappa shape index (κ1) is 70.9. The van der Waals surface area contributed by atoms with Crippen molar-refractivity contribution >= 4 is 81.5 Å². The number of thiophene rings is 1. The number of aliphatic imine (C=N–C) groups is 1. The van der Waals surface area contributed by atoms with Gasteiger partial charge < -0.3 is 20.1 Å². The van der Waals surface area contributed by atoms with Crippen molar-refractivity contribution in [1.82, 2.24) is 10.6 Å². The molecule has 434 valence electrons. The van der Waals surface area contributed by atoms with E-state index in [2.05, 4.69) is 60.8 Å². The summed E-state index contributed by atoms with van der Waals surface area (Å²) in [5, 5.41) is 17.2. The molecule has 0 saturated carbocycles. The number of ketones is 1. The summed E-state index contributed by atoms with van der Waals surface area (Å²) in [6, 6.07) is 20.8. The number of ether oxygens (including phenoxy) is 2. The zero-order valence-electron chi connectivity index (χ0n) is 49.8. The van der Waals surface area contributed by atoms with Crippen LogP contribution in [0, 0.1) is 32.6 Å². The molecule has 2 unspecified atom stereocenters. The lowest BCUT2D eigenvalue weighted by Gasteiger charge is -2.15. The number of rotatable bonds is 25. The summed E-state index contributed by atoms with van der Waals surface area (Å²) in [4.78, 5) is 74.1. The van der Waals surface area contributed by atoms with E-state index in [0.29, 0.717) is 63.3 Å². The van der Waals surface area contributed by atoms with Crippen LogP contribution in [0.1, 0.15) is 193 Å². The van der Waals surface area contributed by atoms with E-state index in [0.717, 1.165) is 102 Å². The topological polar surface area (TPSA) is 194 Å². The standard InChI is InChI=1S/C22H28ClN3S.C18H28N2O4.C15H20O2.C6H9NO2.C2H6/c1-7-8-20(26-25-14(2)3)13-24-22(18-9-11-19(23)12-10-18)21-15(4)16(5)27-17(21)6;1-3-18(22)19-11-4-5-12-23-13-6-14-24-17-9-7-16(8-10-17)20-15(2)21;1-4-7-12-8-6-9-13(14(12)10-16)15(17)11(3)5-2;1-4-2-3-5(8)7-6(4)9;1-2/h9-12H,7-8,13H2,1-6H3;7-10H,3-6,11-14H2,1-2H3,(H,19,22)(H,20,21);6,8-11H,4-5,7H2,1-3H3;4H,2-3H2,1H3,(H,7,8,9);1-2H3/b24-22?,26-20+;;;;. The number of benzene rings is 3. The molecule has 4 amide bonds. The van der Waals surface area contributed by atoms with Crippen LogP contribution in [-0.2, 0) is 30.3 Å². The molecule has 5 rings (SSSR count). The number of nitrogens with zero attached hydrogens (tertiary/aromatic N) is 3. The van der Waals surface area contributed by atoms with Crippen molar-refractivity contribution in [3.63, 3.8) is 0 Å². The zero-order valence-corrected chi connectivity index (χ0v) is 51.4. The van der Waals surface area contributed by atoms with Gasteiger partial charge in [-0.3, -0.25) is 39.1 Å². The second-order valence-electron chi connectivity index (χ2n) is 19.1. The van der Waals surface area contributed by atoms with Crippen molar-refractivity contribution in [3.05, 3.63) is 115 Å². The minimum Gasteiger partial charge on any atom is -0.494 e. The Kier molecular flexibility index (Phi) is 36.7. The lowest BCUT2D eigenvalue weighted by molar-refractivity contribution is -0.136. The van der Waals surface area contributed by atoms with Gasteiger partial charge in [0.2, 0.25) is 23.6 Å². The summed E-state index contributed by atoms with van der Waals surface area (Å²) in [5.74, 6) is 0.577. The van der Waals surface area contributed by atoms with E-state index in [-0.39, 0.29) is 41.2 Å². The molecule has 1 aliphatic rings. The molecule has 0 radical (unpaired) electrons. The summed E-state index contributed by atoms with van der Waals surface area (Å²) in [6.07, 6.45) is 9.78. The van der Waals surface area contributed by atoms with Crippen LogP contribution in [0.15, 0.2) is 81.9 Å². The molecule has 79 heavy (non-hydrogen) atoms. The second kappa shape index (κ2) is 40.9. The Labute approximate surface area is 481 Å². The van der Waals surface area contributed by atoms with Crippen LogP contribution in [0.5, 0.6) is 5.75 Å². The number of hydrogen-bond acceptors (Lipinski definition) is 12. The molecule has 0 spiro atoms. The number of nitrogens with one attached hydrogen (secondary N) is 3. The Balaban J connectivity index is 0.000000549. The first-order valence-corrected chi connectivity index (χ1v) is 29.2. The fraction of sp³-hybridized carbons (Fsp3) is 0.508. The van der Waals surface area contributed by atoms with Crippen molar-refractivity contribution in [2.45, 2.75) is 168 Å². The van der Waals surface area contributed by atoms with Crippen LogP contribution in [-0.4, -0.2) is 85.7 Å². The number of amides is 4. The fourth-order valence-electron chi connectivity index (χ4n) is 7.53. The highest BCUT2D eigenvalue weighted by Gasteiger charge is 2.22. The highest BCUT2D eigenvalue weighted by Crippen LogP contribution is 2.30. The third kappa shape index (κ3) is 28.0. The van der Waals surface area contributed by atoms with Crippen molar-refractivity contribution in [1.29, 1.82) is 0 Å². The number of halogens is 1. The van der Waals surface area contributed by atoms with Crippen molar-refractivity contribution in [3.8, 4) is 5.75 Å². The number of piperidine rings is 1. The number of imide groups is 1. The third-order valence-corrected chi connectivity index (χ3v) is 13.5. The molecule has 0 aliphatic carbocycles. The number of anilines is 1. The molecule has 2 atom stereocenters. The number of unbranched alkanes of at least 4 members (excludes halogenated alkanes) is 1. The average molecular weight is 1130 g/mol. The molecule has 1 aliphatic heterocycles. The van der Waals surface area contributed by atoms with Gasteiger partial charge in [-0.2, -0.15) is 10.2 Å². The normalized spacial score (nSPS) is 13.2. The molecular formula is C63H91ClN6O8S. The maximum Gasteiger partial charge on any atom is 0.229 e. The van der Waals surface area contributed by atoms with E-state index in [9.17, 15) is 28.8 Å². The number of aryl methyl sites for hydroxylation is 3. The molecular weight excluding hydrogens is 1040 g/mol. The van der Waals surface area contributed by atoms with Gasteiger partial charge in [0.25, 0.3) is 0 Å². The number of Topliss-reactive ketones (excluding diaryl/α,β-unsaturated/α-hetero) is 1. The van der Waals surface area contributed by atoms with E-state index in [4.69, 9.17) is 26.1 Å². The summed E-state index contributed by atoms with van der Waals surface area (Å²) in [7, 11) is 0. The summed E-state index contributed by atoms with van der Waals surface area (Å²) in [5.41, 5.74) is 9.47. The minimum absolute atomic E-state index is 0.0164. The van der Waals surface area contributed by atoms with Gasteiger partial charge in [-0.25, -0.2) is 0 Å². The summed E-state index contributed by atoms with van der Waals surface area (Å²) in [6.45, 7) is 30.9.